The van der Waals surface area contributed by atoms with Crippen LogP contribution < -0.4 is 40.0 Å². The molecular weight excluding hydrogens is 848 g/mol. The van der Waals surface area contributed by atoms with Gasteiger partial charge >= 0.3 is 29.6 Å². The van der Waals surface area contributed by atoms with Gasteiger partial charge in [0.25, 0.3) is 5.91 Å². The summed E-state index contributed by atoms with van der Waals surface area (Å²) in [5.74, 6) is -6.90. The smallest absolute Gasteiger partial charge is 0.550 e. The molecule has 1 aromatic heterocycles. The average molecular weight is 923 g/mol. The van der Waals surface area contributed by atoms with E-state index in [1.165, 1.54) is 11.8 Å². The number of hydrogen-bond acceptors (Lipinski definition) is 13. The minimum absolute atomic E-state index is 0. The summed E-state index contributed by atoms with van der Waals surface area (Å²) in [7, 11) is 0. The van der Waals surface area contributed by atoms with Crippen LogP contribution in [0, 0.1) is 41.4 Å². The second kappa shape index (κ2) is 21.5. The number of carboxylic acids is 1. The second-order valence-electron chi connectivity index (χ2n) is 20.0. The Bertz CT molecular complexity index is 1820. The molecule has 5 aliphatic rings. The number of aromatic nitrogens is 1. The van der Waals surface area contributed by atoms with E-state index in [-0.39, 0.29) is 65.1 Å². The molecule has 6 heterocycles. The standard InChI is InChI=1S/C49H76N2O11S.Na/c1-12-33(45(55)56)36-18-17-27(4)41(59-36)31(8)39(52)30(7)40(53)34(13-2)42-28(5)26-29(6)48(60-42)22-19-37(51-43(54)35-16-15-25-50-44(35)63-11)49(62-48)24-23-46(10,61-49)38-20-21-47(57,14-3)32(9)58-38;/h15-16,19,22,25,27-34,36-39,41-42,52,57H,12-14,17-18,20-21,23-24,26H2,1-11H3,(H,51,54)(H,55,56);/q;+1/p-1/t27-,28-,29+,30-,31-,32-,33+,34-,36+,37-,38+,39+,41+,42-,46-,47+,48-,49-;/m0./s1. The van der Waals surface area contributed by atoms with Crippen molar-refractivity contribution >= 4 is 29.4 Å². The Labute approximate surface area is 408 Å². The average Bonchev–Trinajstić information content (AvgIpc) is 3.61. The van der Waals surface area contributed by atoms with E-state index >= 15 is 0 Å². The summed E-state index contributed by atoms with van der Waals surface area (Å²) in [5.41, 5.74) is -1.31. The van der Waals surface area contributed by atoms with Gasteiger partial charge in [-0.1, -0.05) is 61.5 Å². The number of nitrogens with zero attached hydrogens (tertiary/aromatic N) is 1. The summed E-state index contributed by atoms with van der Waals surface area (Å²) < 4.78 is 34.7. The molecule has 18 atom stereocenters. The van der Waals surface area contributed by atoms with Crippen LogP contribution in [0.1, 0.15) is 144 Å². The van der Waals surface area contributed by atoms with Crippen molar-refractivity contribution < 1.29 is 82.9 Å². The number of hydrogen-bond donors (Lipinski definition) is 3. The molecule has 5 aliphatic heterocycles. The van der Waals surface area contributed by atoms with Crippen LogP contribution in [0.4, 0.5) is 0 Å². The Kier molecular flexibility index (Phi) is 18.0. The van der Waals surface area contributed by atoms with Gasteiger partial charge < -0.3 is 49.1 Å². The van der Waals surface area contributed by atoms with Crippen molar-refractivity contribution in [1.29, 1.82) is 0 Å². The fraction of sp³-hybridized carbons (Fsp3) is 0.796. The third kappa shape index (κ3) is 10.4. The quantitative estimate of drug-likeness (QED) is 0.132. The van der Waals surface area contributed by atoms with E-state index < -0.39 is 89.0 Å². The largest absolute Gasteiger partial charge is 1.00 e. The number of carbonyl (C=O) groups is 3. The van der Waals surface area contributed by atoms with Crippen LogP contribution in [0.2, 0.25) is 0 Å². The molecule has 0 aromatic carbocycles. The molecule has 13 nitrogen and oxygen atoms in total. The zero-order chi connectivity index (χ0) is 46.2. The Morgan fingerprint density at radius 1 is 0.969 bits per heavy atom. The molecule has 1 aromatic rings. The number of thioether (sulfide) groups is 1. The van der Waals surface area contributed by atoms with Crippen molar-refractivity contribution in [1.82, 2.24) is 10.3 Å². The molecule has 3 N–H and O–H groups in total. The normalized spacial score (nSPS) is 39.9. The van der Waals surface area contributed by atoms with E-state index in [1.807, 2.05) is 60.0 Å². The molecule has 0 saturated carbocycles. The number of rotatable bonds is 15. The maximum atomic E-state index is 14.7. The van der Waals surface area contributed by atoms with Crippen LogP contribution in [0.5, 0.6) is 0 Å². The van der Waals surface area contributed by atoms with E-state index in [0.717, 1.165) is 6.42 Å². The molecule has 0 radical (unpaired) electrons. The van der Waals surface area contributed by atoms with Crippen LogP contribution in [-0.2, 0) is 33.3 Å². The van der Waals surface area contributed by atoms with Gasteiger partial charge in [0.15, 0.2) is 11.6 Å². The summed E-state index contributed by atoms with van der Waals surface area (Å²) >= 11 is 1.39. The number of ether oxygens (including phenoxy) is 5. The molecule has 4 saturated heterocycles. The number of nitrogens with one attached hydrogen (secondary N) is 1. The van der Waals surface area contributed by atoms with Crippen LogP contribution in [0.25, 0.3) is 0 Å². The predicted molar refractivity (Wildman–Crippen MR) is 237 cm³/mol. The summed E-state index contributed by atoms with van der Waals surface area (Å²) in [4.78, 5) is 45.1. The first-order chi connectivity index (χ1) is 29.7. The van der Waals surface area contributed by atoms with Gasteiger partial charge in [0.05, 0.1) is 53.4 Å². The summed E-state index contributed by atoms with van der Waals surface area (Å²) in [5, 5.41) is 38.9. The molecule has 6 rings (SSSR count). The Hall–Kier alpha value is -1.43. The molecule has 2 spiro atoms. The van der Waals surface area contributed by atoms with Gasteiger partial charge in [-0.05, 0) is 108 Å². The first kappa shape index (κ1) is 53.5. The van der Waals surface area contributed by atoms with Gasteiger partial charge in [-0.15, -0.1) is 11.8 Å². The molecule has 0 unspecified atom stereocenters. The van der Waals surface area contributed by atoms with Gasteiger partial charge in [0.2, 0.25) is 0 Å². The fourth-order valence-corrected chi connectivity index (χ4v) is 12.1. The summed E-state index contributed by atoms with van der Waals surface area (Å²) in [6, 6.07) is 2.76. The second-order valence-corrected chi connectivity index (χ2v) is 20.8. The number of aliphatic carboxylic acids is 1. The SMILES string of the molecule is CC[C@@H](C(=O)[C@@H](C)[C@@H](O)[C@H](C)[C@@H]1O[C@@H]([C@@H](CC)C(=O)[O-])CC[C@@H]1C)[C@H]1O[C@]2(C=C[C@H](NC(=O)c3cccnc3SC)[C@]3(CC[C@@](C)([C@H]4CC[C@](O)(CC)[C@H](C)O4)O3)O2)[C@H](C)C[C@@H]1C.[Na+]. The number of amides is 1. The van der Waals surface area contributed by atoms with Gasteiger partial charge in [-0.25, -0.2) is 4.98 Å². The number of aliphatic hydroxyl groups excluding tert-OH is 1. The Morgan fingerprint density at radius 2 is 1.67 bits per heavy atom. The van der Waals surface area contributed by atoms with E-state index in [4.69, 9.17) is 23.7 Å². The summed E-state index contributed by atoms with van der Waals surface area (Å²) in [6.07, 6.45) is 9.65. The Balaban J connectivity index is 0.00000771. The number of Topliss-reactive ketones (excluding diaryl/α,β-unsaturated/α-hetero) is 1. The number of carboxylic acid groups (broad SMARTS) is 1. The first-order valence-corrected chi connectivity index (χ1v) is 25.0. The fourth-order valence-electron chi connectivity index (χ4n) is 11.6. The maximum Gasteiger partial charge on any atom is 1.00 e. The number of pyridine rings is 1. The van der Waals surface area contributed by atoms with Gasteiger partial charge in [0, 0.05) is 48.2 Å². The van der Waals surface area contributed by atoms with Crippen molar-refractivity contribution in [2.45, 2.75) is 204 Å². The maximum absolute atomic E-state index is 14.7. The number of carbonyl (C=O) groups excluding carboxylic acids is 3. The van der Waals surface area contributed by atoms with E-state index in [1.54, 1.807) is 25.3 Å². The molecule has 0 aliphatic carbocycles. The topological polar surface area (TPSA) is 186 Å². The van der Waals surface area contributed by atoms with Crippen LogP contribution >= 0.6 is 11.8 Å². The Morgan fingerprint density at radius 3 is 2.30 bits per heavy atom. The molecule has 64 heavy (non-hydrogen) atoms. The minimum Gasteiger partial charge on any atom is -0.550 e. The molecule has 4 fully saturated rings. The van der Waals surface area contributed by atoms with E-state index in [2.05, 4.69) is 31.1 Å². The first-order valence-electron chi connectivity index (χ1n) is 23.8. The summed E-state index contributed by atoms with van der Waals surface area (Å²) in [6.45, 7) is 19.6. The molecular formula is C49H75N2NaO11S. The minimum atomic E-state index is -1.38. The van der Waals surface area contributed by atoms with Crippen LogP contribution in [0.3, 0.4) is 0 Å². The predicted octanol–water partition coefficient (Wildman–Crippen LogP) is 3.41. The number of ketones is 1. The molecule has 354 valence electrons. The van der Waals surface area contributed by atoms with E-state index in [0.29, 0.717) is 68.4 Å². The zero-order valence-electron chi connectivity index (χ0n) is 40.5. The van der Waals surface area contributed by atoms with Gasteiger partial charge in [-0.2, -0.15) is 0 Å². The van der Waals surface area contributed by atoms with Crippen molar-refractivity contribution in [3.63, 3.8) is 0 Å². The molecule has 15 heteroatoms. The molecule has 1 amide bonds. The van der Waals surface area contributed by atoms with Crippen molar-refractivity contribution in [2.75, 3.05) is 6.26 Å². The van der Waals surface area contributed by atoms with E-state index in [9.17, 15) is 29.7 Å². The third-order valence-electron chi connectivity index (χ3n) is 16.0. The van der Waals surface area contributed by atoms with Gasteiger partial charge in [0.1, 0.15) is 16.9 Å². The van der Waals surface area contributed by atoms with Crippen molar-refractivity contribution in [2.24, 2.45) is 41.4 Å². The van der Waals surface area contributed by atoms with Gasteiger partial charge in [-0.3, -0.25) is 9.59 Å². The molecule has 0 bridgehead atoms. The third-order valence-corrected chi connectivity index (χ3v) is 16.7. The zero-order valence-corrected chi connectivity index (χ0v) is 43.3. The van der Waals surface area contributed by atoms with Crippen LogP contribution in [-0.4, -0.2) is 105 Å². The van der Waals surface area contributed by atoms with Crippen molar-refractivity contribution in [3.8, 4) is 0 Å². The number of aliphatic hydroxyl groups is 2. The monoisotopic (exact) mass is 922 g/mol. The van der Waals surface area contributed by atoms with Crippen molar-refractivity contribution in [3.05, 3.63) is 36.0 Å². The van der Waals surface area contributed by atoms with Crippen LogP contribution in [0.15, 0.2) is 35.5 Å².